The fourth-order valence-corrected chi connectivity index (χ4v) is 4.58. The molecule has 0 aliphatic carbocycles. The Hall–Kier alpha value is -2.62. The molecule has 2 aromatic carbocycles. The van der Waals surface area contributed by atoms with Crippen LogP contribution in [0, 0.1) is 0 Å². The van der Waals surface area contributed by atoms with Crippen molar-refractivity contribution in [3.63, 3.8) is 0 Å². The molecule has 0 unspecified atom stereocenters. The molecule has 25 heavy (non-hydrogen) atoms. The number of carbonyl (C=O) groups is 2. The molecule has 4 nitrogen and oxygen atoms in total. The molecule has 0 aliphatic rings. The molecule has 0 amide bonds. The molecule has 0 N–H and O–H groups in total. The quantitative estimate of drug-likeness (QED) is 0.497. The third-order valence-corrected chi connectivity index (χ3v) is 6.23. The van der Waals surface area contributed by atoms with E-state index in [1.165, 1.54) is 23.1 Å². The molecule has 0 radical (unpaired) electrons. The van der Waals surface area contributed by atoms with Crippen LogP contribution in [-0.4, -0.2) is 40.7 Å². The summed E-state index contributed by atoms with van der Waals surface area (Å²) in [4.78, 5) is 23.4. The summed E-state index contributed by atoms with van der Waals surface area (Å²) in [5.41, 5.74) is 3.10. The number of rotatable bonds is 4. The predicted octanol–water partition coefficient (Wildman–Crippen LogP) is 3.65. The third-order valence-electron chi connectivity index (χ3n) is 3.74. The Morgan fingerprint density at radius 3 is 1.56 bits per heavy atom. The summed E-state index contributed by atoms with van der Waals surface area (Å²) in [5.74, 6) is -0.682. The van der Waals surface area contributed by atoms with Gasteiger partial charge in [-0.25, -0.2) is 0 Å². The maximum absolute atomic E-state index is 11.7. The fraction of sp³-hybridized carbons (Fsp3) is 0.100. The molecule has 1 heterocycles. The maximum atomic E-state index is 11.7. The van der Waals surface area contributed by atoms with Crippen LogP contribution in [0.5, 0.6) is 0 Å². The van der Waals surface area contributed by atoms with E-state index in [2.05, 4.69) is 12.1 Å². The monoisotopic (exact) mass is 400 g/mol. The van der Waals surface area contributed by atoms with Crippen LogP contribution in [0.1, 0.15) is 20.7 Å². The number of carbonyl (C=O) groups excluding carboxylic acids is 2. The Balaban J connectivity index is 1.93. The first-order chi connectivity index (χ1) is 12.1. The van der Waals surface area contributed by atoms with Crippen molar-refractivity contribution < 1.29 is 19.1 Å². The summed E-state index contributed by atoms with van der Waals surface area (Å²) >= 11 is 0.0868. The average Bonchev–Trinajstić information content (AvgIpc) is 3.17. The van der Waals surface area contributed by atoms with Gasteiger partial charge in [-0.15, -0.1) is 0 Å². The van der Waals surface area contributed by atoms with Crippen LogP contribution in [0.25, 0.3) is 20.0 Å². The molecule has 0 saturated carbocycles. The van der Waals surface area contributed by atoms with E-state index < -0.39 is 0 Å². The first kappa shape index (κ1) is 17.2. The van der Waals surface area contributed by atoms with Crippen molar-refractivity contribution in [1.29, 1.82) is 0 Å². The van der Waals surface area contributed by atoms with E-state index in [0.717, 1.165) is 11.1 Å². The molecule has 0 saturated heterocycles. The second kappa shape index (κ2) is 7.51. The molecule has 3 rings (SSSR count). The zero-order chi connectivity index (χ0) is 17.8. The molecule has 0 bridgehead atoms. The fourth-order valence-electron chi connectivity index (χ4n) is 2.48. The van der Waals surface area contributed by atoms with Gasteiger partial charge >= 0.3 is 152 Å². The summed E-state index contributed by atoms with van der Waals surface area (Å²) in [7, 11) is 2.75. The van der Waals surface area contributed by atoms with Gasteiger partial charge in [-0.3, -0.25) is 0 Å². The van der Waals surface area contributed by atoms with Crippen LogP contribution in [0.2, 0.25) is 0 Å². The van der Waals surface area contributed by atoms with Gasteiger partial charge in [0.2, 0.25) is 0 Å². The van der Waals surface area contributed by atoms with Crippen molar-refractivity contribution in [2.24, 2.45) is 0 Å². The topological polar surface area (TPSA) is 52.6 Å². The second-order valence-corrected chi connectivity index (χ2v) is 7.58. The summed E-state index contributed by atoms with van der Waals surface area (Å²) in [6.45, 7) is 0. The van der Waals surface area contributed by atoms with Crippen molar-refractivity contribution in [2.75, 3.05) is 14.2 Å². The van der Waals surface area contributed by atoms with Gasteiger partial charge < -0.3 is 0 Å². The number of benzene rings is 2. The summed E-state index contributed by atoms with van der Waals surface area (Å²) in [6, 6.07) is 19.0. The number of esters is 2. The Kier molecular flexibility index (Phi) is 5.17. The van der Waals surface area contributed by atoms with Gasteiger partial charge in [0.15, 0.2) is 0 Å². The van der Waals surface area contributed by atoms with E-state index >= 15 is 0 Å². The van der Waals surface area contributed by atoms with E-state index in [9.17, 15) is 9.59 Å². The van der Waals surface area contributed by atoms with Crippen molar-refractivity contribution in [3.8, 4) is 20.0 Å². The predicted molar refractivity (Wildman–Crippen MR) is 96.9 cm³/mol. The summed E-state index contributed by atoms with van der Waals surface area (Å²) in [6.07, 6.45) is 0. The van der Waals surface area contributed by atoms with Crippen molar-refractivity contribution >= 4 is 26.4 Å². The molecule has 0 fully saturated rings. The van der Waals surface area contributed by atoms with Gasteiger partial charge in [0.05, 0.1) is 0 Å². The van der Waals surface area contributed by atoms with Crippen LogP contribution >= 0.6 is 0 Å². The van der Waals surface area contributed by atoms with Gasteiger partial charge in [-0.05, 0) is 0 Å². The third kappa shape index (κ3) is 3.73. The van der Waals surface area contributed by atoms with Crippen LogP contribution in [0.15, 0.2) is 60.7 Å². The minimum absolute atomic E-state index is 0.0868. The Labute approximate surface area is 151 Å². The van der Waals surface area contributed by atoms with Gasteiger partial charge in [0.1, 0.15) is 0 Å². The van der Waals surface area contributed by atoms with Gasteiger partial charge in [0, 0.05) is 0 Å². The molecule has 0 aliphatic heterocycles. The summed E-state index contributed by atoms with van der Waals surface area (Å²) in [5, 5.41) is 0. The van der Waals surface area contributed by atoms with Crippen molar-refractivity contribution in [1.82, 2.24) is 0 Å². The van der Waals surface area contributed by atoms with Gasteiger partial charge in [-0.1, -0.05) is 0 Å². The number of methoxy groups -OCH3 is 2. The molecule has 3 aromatic rings. The zero-order valence-corrected chi connectivity index (χ0v) is 15.5. The molecule has 0 atom stereocenters. The normalized spacial score (nSPS) is 10.3. The second-order valence-electron chi connectivity index (χ2n) is 5.31. The molecule has 0 spiro atoms. The van der Waals surface area contributed by atoms with Crippen LogP contribution in [0.4, 0.5) is 0 Å². The number of hydrogen-bond acceptors (Lipinski definition) is 4. The molecular weight excluding hydrogens is 383 g/mol. The molecular formula is C20H16O4Se. The number of ether oxygens (including phenoxy) is 2. The van der Waals surface area contributed by atoms with E-state index in [1.807, 2.05) is 36.4 Å². The average molecular weight is 399 g/mol. The van der Waals surface area contributed by atoms with Crippen LogP contribution in [-0.2, 0) is 9.47 Å². The summed E-state index contributed by atoms with van der Waals surface area (Å²) < 4.78 is 11.9. The Bertz CT molecular complexity index is 853. The Morgan fingerprint density at radius 1 is 0.720 bits per heavy atom. The number of hydrogen-bond donors (Lipinski definition) is 0. The van der Waals surface area contributed by atoms with E-state index in [1.54, 1.807) is 12.1 Å². The van der Waals surface area contributed by atoms with Crippen molar-refractivity contribution in [3.05, 3.63) is 71.8 Å². The van der Waals surface area contributed by atoms with E-state index in [-0.39, 0.29) is 26.4 Å². The zero-order valence-electron chi connectivity index (χ0n) is 13.8. The van der Waals surface area contributed by atoms with Gasteiger partial charge in [0.25, 0.3) is 0 Å². The van der Waals surface area contributed by atoms with Gasteiger partial charge in [-0.2, -0.15) is 0 Å². The van der Waals surface area contributed by atoms with Crippen LogP contribution in [0.3, 0.4) is 0 Å². The molecule has 126 valence electrons. The first-order valence-electron chi connectivity index (χ1n) is 7.59. The first-order valence-corrected chi connectivity index (χ1v) is 9.31. The molecule has 5 heteroatoms. The standard InChI is InChI=1S/C20H16O4Se/c1-23-19(21)15-7-3-5-13(11-15)17-9-10-18(25-17)14-6-4-8-16(12-14)20(22)24-2/h3-12H,1-2H3. The minimum atomic E-state index is -0.341. The van der Waals surface area contributed by atoms with E-state index in [0.29, 0.717) is 11.1 Å². The SMILES string of the molecule is COC(=O)c1cccc(-c2ccc(-c3cccc(C(=O)OC)c3)[se]2)c1. The van der Waals surface area contributed by atoms with Crippen molar-refractivity contribution in [2.45, 2.75) is 0 Å². The molecule has 1 aromatic heterocycles. The Morgan fingerprint density at radius 2 is 1.16 bits per heavy atom. The van der Waals surface area contributed by atoms with E-state index in [4.69, 9.17) is 9.47 Å². The van der Waals surface area contributed by atoms with Crippen LogP contribution < -0.4 is 0 Å².